The maximum atomic E-state index is 6.25. The van der Waals surface area contributed by atoms with Gasteiger partial charge in [0, 0.05) is 35.3 Å². The zero-order valence-electron chi connectivity index (χ0n) is 15.8. The topological polar surface area (TPSA) is 39.7 Å². The Balaban J connectivity index is 1.69. The van der Waals surface area contributed by atoms with E-state index in [0.29, 0.717) is 34.3 Å². The highest BCUT2D eigenvalue weighted by Crippen LogP contribution is 2.38. The molecule has 1 atom stereocenters. The Morgan fingerprint density at radius 1 is 1.21 bits per heavy atom. The Hall–Kier alpha value is -0.980. The summed E-state index contributed by atoms with van der Waals surface area (Å²) in [5, 5.41) is 4.62. The van der Waals surface area contributed by atoms with E-state index in [-0.39, 0.29) is 6.61 Å². The van der Waals surface area contributed by atoms with Crippen molar-refractivity contribution in [1.29, 1.82) is 0 Å². The molecule has 0 radical (unpaired) electrons. The Morgan fingerprint density at radius 2 is 2.00 bits per heavy atom. The first-order valence-electron chi connectivity index (χ1n) is 9.41. The molecule has 0 unspecified atom stereocenters. The fraction of sp³-hybridized carbons (Fsp3) is 0.429. The van der Waals surface area contributed by atoms with Gasteiger partial charge in [0.15, 0.2) is 11.5 Å². The van der Waals surface area contributed by atoms with Crippen LogP contribution in [-0.4, -0.2) is 25.9 Å². The number of nitrogens with one attached hydrogen (secondary N) is 1. The minimum Gasteiger partial charge on any atom is -0.490 e. The van der Waals surface area contributed by atoms with Gasteiger partial charge in [-0.2, -0.15) is 0 Å². The lowest BCUT2D eigenvalue weighted by molar-refractivity contribution is 0.110. The van der Waals surface area contributed by atoms with E-state index in [9.17, 15) is 0 Å². The number of ether oxygens (including phenoxy) is 3. The van der Waals surface area contributed by atoms with Crippen molar-refractivity contribution in [3.8, 4) is 11.5 Å². The third kappa shape index (κ3) is 5.77. The molecule has 0 saturated carbocycles. The summed E-state index contributed by atoms with van der Waals surface area (Å²) < 4.78 is 18.3. The smallest absolute Gasteiger partial charge is 0.175 e. The van der Waals surface area contributed by atoms with Crippen molar-refractivity contribution in [3.63, 3.8) is 0 Å². The molecule has 4 nitrogen and oxygen atoms in total. The van der Waals surface area contributed by atoms with Gasteiger partial charge in [0.25, 0.3) is 0 Å². The molecule has 0 spiro atoms. The molecule has 1 N–H and O–H groups in total. The second-order valence-corrected chi connectivity index (χ2v) is 8.26. The molecular formula is C21H24BrCl2NO3. The van der Waals surface area contributed by atoms with Crippen LogP contribution in [0.1, 0.15) is 30.9 Å². The summed E-state index contributed by atoms with van der Waals surface area (Å²) in [5.74, 6) is 1.33. The number of hydrogen-bond donors (Lipinski definition) is 1. The molecule has 0 aliphatic carbocycles. The quantitative estimate of drug-likeness (QED) is 0.469. The largest absolute Gasteiger partial charge is 0.490 e. The molecular weight excluding hydrogens is 465 g/mol. The fourth-order valence-corrected chi connectivity index (χ4v) is 4.23. The molecule has 0 amide bonds. The molecule has 1 aliphatic rings. The van der Waals surface area contributed by atoms with E-state index in [2.05, 4.69) is 21.2 Å². The first-order chi connectivity index (χ1) is 13.6. The van der Waals surface area contributed by atoms with E-state index in [1.807, 2.05) is 25.1 Å². The van der Waals surface area contributed by atoms with Gasteiger partial charge in [0.2, 0.25) is 0 Å². The average Bonchev–Trinajstić information content (AvgIpc) is 3.17. The first-order valence-corrected chi connectivity index (χ1v) is 11.0. The molecule has 0 aromatic heterocycles. The molecule has 3 rings (SSSR count). The van der Waals surface area contributed by atoms with E-state index in [4.69, 9.17) is 37.4 Å². The third-order valence-corrected chi connectivity index (χ3v) is 5.81. The van der Waals surface area contributed by atoms with Crippen LogP contribution in [0, 0.1) is 0 Å². The van der Waals surface area contributed by atoms with Crippen LogP contribution in [0.5, 0.6) is 11.5 Å². The van der Waals surface area contributed by atoms with Crippen molar-refractivity contribution in [1.82, 2.24) is 5.32 Å². The van der Waals surface area contributed by atoms with E-state index in [1.54, 1.807) is 12.1 Å². The standard InChI is InChI=1S/C21H24BrCl2NO3/c1-2-26-20-10-14(11-25-12-15-5-4-8-27-15)9-17(22)21(20)28-13-16-18(23)6-3-7-19(16)24/h3,6-7,9-10,15,25H,2,4-5,8,11-13H2,1H3/t15-/m0/s1. The number of rotatable bonds is 9. The second-order valence-electron chi connectivity index (χ2n) is 6.59. The lowest BCUT2D eigenvalue weighted by atomic mass is 10.2. The molecule has 152 valence electrons. The van der Waals surface area contributed by atoms with Gasteiger partial charge in [-0.25, -0.2) is 0 Å². The molecule has 1 heterocycles. The number of benzene rings is 2. The molecule has 0 bridgehead atoms. The summed E-state index contributed by atoms with van der Waals surface area (Å²) in [6.45, 7) is 5.20. The van der Waals surface area contributed by atoms with Crippen molar-refractivity contribution in [2.75, 3.05) is 19.8 Å². The normalized spacial score (nSPS) is 16.4. The summed E-state index contributed by atoms with van der Waals surface area (Å²) in [4.78, 5) is 0. The highest BCUT2D eigenvalue weighted by Gasteiger charge is 2.16. The highest BCUT2D eigenvalue weighted by molar-refractivity contribution is 9.10. The monoisotopic (exact) mass is 487 g/mol. The van der Waals surface area contributed by atoms with Crippen molar-refractivity contribution >= 4 is 39.1 Å². The van der Waals surface area contributed by atoms with Crippen LogP contribution in [0.15, 0.2) is 34.8 Å². The number of halogens is 3. The molecule has 1 saturated heterocycles. The van der Waals surface area contributed by atoms with Crippen LogP contribution in [0.4, 0.5) is 0 Å². The molecule has 2 aromatic rings. The fourth-order valence-electron chi connectivity index (χ4n) is 3.12. The van der Waals surface area contributed by atoms with Gasteiger partial charge in [-0.3, -0.25) is 0 Å². The predicted octanol–water partition coefficient (Wildman–Crippen LogP) is 6.00. The zero-order chi connectivity index (χ0) is 19.9. The molecule has 7 heteroatoms. The van der Waals surface area contributed by atoms with Crippen molar-refractivity contribution in [2.24, 2.45) is 0 Å². The maximum absolute atomic E-state index is 6.25. The Labute approximate surface area is 184 Å². The Morgan fingerprint density at radius 3 is 2.68 bits per heavy atom. The van der Waals surface area contributed by atoms with Crippen LogP contribution in [0.3, 0.4) is 0 Å². The van der Waals surface area contributed by atoms with Crippen LogP contribution in [0.25, 0.3) is 0 Å². The van der Waals surface area contributed by atoms with Crippen molar-refractivity contribution in [3.05, 3.63) is 56.0 Å². The van der Waals surface area contributed by atoms with Crippen LogP contribution < -0.4 is 14.8 Å². The lowest BCUT2D eigenvalue weighted by Crippen LogP contribution is -2.25. The molecule has 28 heavy (non-hydrogen) atoms. The summed E-state index contributed by atoms with van der Waals surface area (Å²) in [6.07, 6.45) is 2.59. The molecule has 1 fully saturated rings. The van der Waals surface area contributed by atoms with Gasteiger partial charge in [0.1, 0.15) is 6.61 Å². The number of hydrogen-bond acceptors (Lipinski definition) is 4. The molecule has 1 aliphatic heterocycles. The van der Waals surface area contributed by atoms with E-state index >= 15 is 0 Å². The predicted molar refractivity (Wildman–Crippen MR) is 117 cm³/mol. The van der Waals surface area contributed by atoms with Crippen LogP contribution in [-0.2, 0) is 17.9 Å². The van der Waals surface area contributed by atoms with Crippen LogP contribution in [0.2, 0.25) is 10.0 Å². The summed E-state index contributed by atoms with van der Waals surface area (Å²) >= 11 is 16.1. The van der Waals surface area contributed by atoms with Gasteiger partial charge in [-0.05, 0) is 65.5 Å². The lowest BCUT2D eigenvalue weighted by Gasteiger charge is -2.17. The van der Waals surface area contributed by atoms with E-state index in [0.717, 1.165) is 48.1 Å². The third-order valence-electron chi connectivity index (χ3n) is 4.52. The SMILES string of the molecule is CCOc1cc(CNC[C@@H]2CCCO2)cc(Br)c1OCc1c(Cl)cccc1Cl. The van der Waals surface area contributed by atoms with E-state index in [1.165, 1.54) is 0 Å². The Bertz CT molecular complexity index is 777. The zero-order valence-corrected chi connectivity index (χ0v) is 18.9. The first kappa shape index (κ1) is 21.7. The van der Waals surface area contributed by atoms with Gasteiger partial charge in [-0.1, -0.05) is 29.3 Å². The minimum atomic E-state index is 0.258. The highest BCUT2D eigenvalue weighted by atomic mass is 79.9. The summed E-state index contributed by atoms with van der Waals surface area (Å²) in [6, 6.07) is 9.45. The minimum absolute atomic E-state index is 0.258. The van der Waals surface area contributed by atoms with E-state index < -0.39 is 0 Å². The van der Waals surface area contributed by atoms with Gasteiger partial charge < -0.3 is 19.5 Å². The van der Waals surface area contributed by atoms with Gasteiger partial charge in [0.05, 0.1) is 17.2 Å². The van der Waals surface area contributed by atoms with Crippen molar-refractivity contribution < 1.29 is 14.2 Å². The summed E-state index contributed by atoms with van der Waals surface area (Å²) in [5.41, 5.74) is 1.86. The van der Waals surface area contributed by atoms with Crippen LogP contribution >= 0.6 is 39.1 Å². The Kier molecular flexibility index (Phi) is 8.30. The molecule has 2 aromatic carbocycles. The average molecular weight is 489 g/mol. The van der Waals surface area contributed by atoms with Gasteiger partial charge in [-0.15, -0.1) is 0 Å². The summed E-state index contributed by atoms with van der Waals surface area (Å²) in [7, 11) is 0. The van der Waals surface area contributed by atoms with Gasteiger partial charge >= 0.3 is 0 Å². The van der Waals surface area contributed by atoms with Crippen molar-refractivity contribution in [2.45, 2.75) is 39.0 Å². The maximum Gasteiger partial charge on any atom is 0.175 e. The second kappa shape index (κ2) is 10.7.